The first-order valence-corrected chi connectivity index (χ1v) is 12.4. The number of hydrogen-bond donors (Lipinski definition) is 0. The lowest BCUT2D eigenvalue weighted by atomic mass is 9.77. The highest BCUT2D eigenvalue weighted by atomic mass is 19.4. The summed E-state index contributed by atoms with van der Waals surface area (Å²) in [5.74, 6) is 0.0609. The summed E-state index contributed by atoms with van der Waals surface area (Å²) in [4.78, 5) is 32.4. The van der Waals surface area contributed by atoms with E-state index in [2.05, 4.69) is 9.64 Å². The molecule has 2 heterocycles. The Labute approximate surface area is 214 Å². The molecule has 200 valence electrons. The van der Waals surface area contributed by atoms with E-state index in [1.807, 2.05) is 42.3 Å². The van der Waals surface area contributed by atoms with E-state index in [-0.39, 0.29) is 36.2 Å². The van der Waals surface area contributed by atoms with E-state index in [0.717, 1.165) is 31.6 Å². The second kappa shape index (κ2) is 11.4. The molecular weight excluding hydrogens is 487 g/mol. The van der Waals surface area contributed by atoms with Crippen molar-refractivity contribution in [1.29, 1.82) is 0 Å². The Kier molecular flexibility index (Phi) is 8.26. The van der Waals surface area contributed by atoms with Gasteiger partial charge in [-0.2, -0.15) is 0 Å². The van der Waals surface area contributed by atoms with Crippen molar-refractivity contribution in [2.75, 3.05) is 52.9 Å². The van der Waals surface area contributed by atoms with Crippen LogP contribution in [0.5, 0.6) is 11.5 Å². The molecule has 0 saturated carbocycles. The molecule has 2 aliphatic rings. The fourth-order valence-corrected chi connectivity index (χ4v) is 4.92. The number of alkyl halides is 3. The topological polar surface area (TPSA) is 62.3 Å². The number of nitrogens with zero attached hydrogens (tertiary/aromatic N) is 3. The molecule has 0 unspecified atom stereocenters. The number of likely N-dealkylation sites (N-methyl/N-ethyl adjacent to an activating group) is 1. The van der Waals surface area contributed by atoms with E-state index >= 15 is 0 Å². The number of rotatable bonds is 7. The summed E-state index contributed by atoms with van der Waals surface area (Å²) in [6, 6.07) is 14.3. The van der Waals surface area contributed by atoms with Crippen molar-refractivity contribution in [3.05, 3.63) is 60.2 Å². The molecule has 2 saturated heterocycles. The van der Waals surface area contributed by atoms with Gasteiger partial charge >= 0.3 is 6.36 Å². The SMILES string of the molecule is CN1CCN(C(=O)C[C@@]2(COc3ccccc3)CCCN(C(=O)c3ccc(OC(F)(F)F)cc3)C2)CC1. The molecule has 2 aliphatic heterocycles. The number of amides is 2. The highest BCUT2D eigenvalue weighted by Crippen LogP contribution is 2.36. The van der Waals surface area contributed by atoms with Crippen LogP contribution in [-0.2, 0) is 4.79 Å². The van der Waals surface area contributed by atoms with Crippen molar-refractivity contribution >= 4 is 11.8 Å². The molecule has 0 bridgehead atoms. The van der Waals surface area contributed by atoms with Gasteiger partial charge in [-0.05, 0) is 56.3 Å². The quantitative estimate of drug-likeness (QED) is 0.553. The van der Waals surface area contributed by atoms with Crippen LogP contribution in [0.15, 0.2) is 54.6 Å². The largest absolute Gasteiger partial charge is 0.573 e. The molecule has 2 aromatic carbocycles. The van der Waals surface area contributed by atoms with Gasteiger partial charge < -0.3 is 24.2 Å². The average Bonchev–Trinajstić information content (AvgIpc) is 2.88. The zero-order valence-electron chi connectivity index (χ0n) is 20.9. The van der Waals surface area contributed by atoms with Crippen LogP contribution in [0.1, 0.15) is 29.6 Å². The van der Waals surface area contributed by atoms with Gasteiger partial charge in [-0.25, -0.2) is 0 Å². The Hall–Kier alpha value is -3.27. The van der Waals surface area contributed by atoms with Gasteiger partial charge in [-0.1, -0.05) is 18.2 Å². The number of piperazine rings is 1. The highest BCUT2D eigenvalue weighted by Gasteiger charge is 2.41. The maximum Gasteiger partial charge on any atom is 0.573 e. The van der Waals surface area contributed by atoms with Gasteiger partial charge in [0, 0.05) is 56.7 Å². The predicted molar refractivity (Wildman–Crippen MR) is 131 cm³/mol. The number of carbonyl (C=O) groups excluding carboxylic acids is 2. The van der Waals surface area contributed by atoms with Gasteiger partial charge in [0.2, 0.25) is 5.91 Å². The minimum Gasteiger partial charge on any atom is -0.493 e. The first-order valence-electron chi connectivity index (χ1n) is 12.4. The average molecular weight is 520 g/mol. The Morgan fingerprint density at radius 2 is 1.57 bits per heavy atom. The van der Waals surface area contributed by atoms with Crippen LogP contribution in [0.25, 0.3) is 0 Å². The summed E-state index contributed by atoms with van der Waals surface area (Å²) >= 11 is 0. The van der Waals surface area contributed by atoms with Gasteiger partial charge in [-0.3, -0.25) is 9.59 Å². The molecule has 0 N–H and O–H groups in total. The molecule has 0 spiro atoms. The minimum atomic E-state index is -4.80. The van der Waals surface area contributed by atoms with Crippen LogP contribution in [0, 0.1) is 5.41 Å². The summed E-state index contributed by atoms with van der Waals surface area (Å²) in [5, 5.41) is 0. The molecule has 10 heteroatoms. The van der Waals surface area contributed by atoms with Crippen LogP contribution in [-0.4, -0.2) is 85.8 Å². The first kappa shape index (κ1) is 26.8. The fourth-order valence-electron chi connectivity index (χ4n) is 4.92. The summed E-state index contributed by atoms with van der Waals surface area (Å²) < 4.78 is 47.5. The Morgan fingerprint density at radius 1 is 0.892 bits per heavy atom. The summed E-state index contributed by atoms with van der Waals surface area (Å²) in [6.45, 7) is 4.06. The lowest BCUT2D eigenvalue weighted by Gasteiger charge is -2.43. The fraction of sp³-hybridized carbons (Fsp3) is 0.481. The Morgan fingerprint density at radius 3 is 2.22 bits per heavy atom. The van der Waals surface area contributed by atoms with Crippen LogP contribution in [0.4, 0.5) is 13.2 Å². The second-order valence-electron chi connectivity index (χ2n) is 9.87. The Bertz CT molecular complexity index is 1060. The third-order valence-electron chi connectivity index (χ3n) is 6.95. The summed E-state index contributed by atoms with van der Waals surface area (Å²) in [7, 11) is 2.03. The van der Waals surface area contributed by atoms with Crippen molar-refractivity contribution in [1.82, 2.24) is 14.7 Å². The summed E-state index contributed by atoms with van der Waals surface area (Å²) in [6.07, 6.45) is -3.13. The van der Waals surface area contributed by atoms with E-state index in [4.69, 9.17) is 4.74 Å². The smallest absolute Gasteiger partial charge is 0.493 e. The molecule has 0 aromatic heterocycles. The van der Waals surface area contributed by atoms with E-state index in [1.54, 1.807) is 4.90 Å². The molecule has 1 atom stereocenters. The molecule has 2 aromatic rings. The standard InChI is InChI=1S/C27H32F3N3O4/c1-31-14-16-32(17-15-31)24(34)18-26(20-36-22-6-3-2-4-7-22)12-5-13-33(19-26)25(35)21-8-10-23(11-9-21)37-27(28,29)30/h2-4,6-11H,5,12-20H2,1H3/t26-/m0/s1. The van der Waals surface area contributed by atoms with Crippen molar-refractivity contribution in [3.63, 3.8) is 0 Å². The van der Waals surface area contributed by atoms with Gasteiger partial charge in [0.15, 0.2) is 0 Å². The normalized spacial score (nSPS) is 21.0. The Balaban J connectivity index is 1.49. The summed E-state index contributed by atoms with van der Waals surface area (Å²) in [5.41, 5.74) is -0.316. The molecular formula is C27H32F3N3O4. The molecule has 2 amide bonds. The van der Waals surface area contributed by atoms with Crippen LogP contribution in [0.3, 0.4) is 0 Å². The predicted octanol–water partition coefficient (Wildman–Crippen LogP) is 4.05. The molecule has 0 radical (unpaired) electrons. The number of hydrogen-bond acceptors (Lipinski definition) is 5. The minimum absolute atomic E-state index is 0.0488. The lowest BCUT2D eigenvalue weighted by Crippen LogP contribution is -2.53. The monoisotopic (exact) mass is 519 g/mol. The molecule has 0 aliphatic carbocycles. The number of ether oxygens (including phenoxy) is 2. The molecule has 7 nitrogen and oxygen atoms in total. The van der Waals surface area contributed by atoms with E-state index in [0.29, 0.717) is 38.3 Å². The van der Waals surface area contributed by atoms with Crippen molar-refractivity contribution < 1.29 is 32.2 Å². The number of para-hydroxylation sites is 1. The van der Waals surface area contributed by atoms with Crippen LogP contribution < -0.4 is 9.47 Å². The molecule has 4 rings (SSSR count). The zero-order chi connectivity index (χ0) is 26.5. The highest BCUT2D eigenvalue weighted by molar-refractivity contribution is 5.94. The maximum atomic E-state index is 13.3. The first-order chi connectivity index (χ1) is 17.6. The van der Waals surface area contributed by atoms with Crippen molar-refractivity contribution in [3.8, 4) is 11.5 Å². The van der Waals surface area contributed by atoms with Gasteiger partial charge in [0.1, 0.15) is 11.5 Å². The molecule has 2 fully saturated rings. The third kappa shape index (κ3) is 7.38. The number of likely N-dealkylation sites (tertiary alicyclic amines) is 1. The van der Waals surface area contributed by atoms with Crippen molar-refractivity contribution in [2.24, 2.45) is 5.41 Å². The second-order valence-corrected chi connectivity index (χ2v) is 9.87. The van der Waals surface area contributed by atoms with Gasteiger partial charge in [0.05, 0.1) is 6.61 Å². The number of halogens is 3. The number of piperidine rings is 1. The van der Waals surface area contributed by atoms with E-state index < -0.39 is 11.8 Å². The van der Waals surface area contributed by atoms with E-state index in [9.17, 15) is 22.8 Å². The number of benzene rings is 2. The van der Waals surface area contributed by atoms with Crippen LogP contribution in [0.2, 0.25) is 0 Å². The van der Waals surface area contributed by atoms with Crippen LogP contribution >= 0.6 is 0 Å². The zero-order valence-corrected chi connectivity index (χ0v) is 20.9. The van der Waals surface area contributed by atoms with Gasteiger partial charge in [-0.15, -0.1) is 13.2 Å². The third-order valence-corrected chi connectivity index (χ3v) is 6.95. The number of carbonyl (C=O) groups is 2. The molecule has 37 heavy (non-hydrogen) atoms. The van der Waals surface area contributed by atoms with Crippen molar-refractivity contribution in [2.45, 2.75) is 25.6 Å². The maximum absolute atomic E-state index is 13.3. The van der Waals surface area contributed by atoms with Gasteiger partial charge in [0.25, 0.3) is 5.91 Å². The van der Waals surface area contributed by atoms with E-state index in [1.165, 1.54) is 12.1 Å². The lowest BCUT2D eigenvalue weighted by molar-refractivity contribution is -0.274.